The van der Waals surface area contributed by atoms with Crippen molar-refractivity contribution in [2.45, 2.75) is 51.0 Å². The molecule has 0 aromatic heterocycles. The lowest BCUT2D eigenvalue weighted by molar-refractivity contribution is -0.140. The lowest BCUT2D eigenvalue weighted by Crippen LogP contribution is -2.40. The van der Waals surface area contributed by atoms with Gasteiger partial charge in [-0.15, -0.1) is 0 Å². The molecule has 2 saturated carbocycles. The minimum atomic E-state index is -0.843. The van der Waals surface area contributed by atoms with Crippen LogP contribution in [0.2, 0.25) is 0 Å². The number of benzene rings is 2. The predicted molar refractivity (Wildman–Crippen MR) is 131 cm³/mol. The molecule has 3 atom stereocenters. The zero-order valence-corrected chi connectivity index (χ0v) is 20.0. The van der Waals surface area contributed by atoms with Crippen LogP contribution in [0.5, 0.6) is 0 Å². The Bertz CT molecular complexity index is 1100. The van der Waals surface area contributed by atoms with Crippen LogP contribution >= 0.6 is 0 Å². The first-order valence-electron chi connectivity index (χ1n) is 12.6. The van der Waals surface area contributed by atoms with Gasteiger partial charge in [0.15, 0.2) is 0 Å². The SMILES string of the molecule is CCN(CCCC(=O)O)C(=O)[C@@]12C[C@@H](NC(=O)OCC3c4ccccc4-c4ccccc43)C[C@@H]1C2. The summed E-state index contributed by atoms with van der Waals surface area (Å²) in [7, 11) is 0. The van der Waals surface area contributed by atoms with Crippen molar-refractivity contribution < 1.29 is 24.2 Å². The molecule has 184 valence electrons. The van der Waals surface area contributed by atoms with Crippen LogP contribution in [0.25, 0.3) is 11.1 Å². The van der Waals surface area contributed by atoms with Gasteiger partial charge in [0.25, 0.3) is 0 Å². The highest BCUT2D eigenvalue weighted by atomic mass is 16.5. The van der Waals surface area contributed by atoms with Crippen LogP contribution in [0.1, 0.15) is 56.1 Å². The lowest BCUT2D eigenvalue weighted by Gasteiger charge is -2.26. The molecule has 7 nitrogen and oxygen atoms in total. The number of amides is 2. The zero-order valence-electron chi connectivity index (χ0n) is 20.0. The van der Waals surface area contributed by atoms with Gasteiger partial charge >= 0.3 is 12.1 Å². The van der Waals surface area contributed by atoms with E-state index in [0.29, 0.717) is 25.9 Å². The molecule has 3 aliphatic carbocycles. The number of nitrogens with one attached hydrogen (secondary N) is 1. The first kappa shape index (κ1) is 23.4. The molecule has 0 spiro atoms. The number of hydrogen-bond donors (Lipinski definition) is 2. The second kappa shape index (κ2) is 9.36. The molecule has 0 bridgehead atoms. The van der Waals surface area contributed by atoms with E-state index in [1.165, 1.54) is 22.3 Å². The number of carboxylic acid groups (broad SMARTS) is 1. The molecule has 7 heteroatoms. The fourth-order valence-electron chi connectivity index (χ4n) is 6.21. The van der Waals surface area contributed by atoms with Crippen molar-refractivity contribution in [2.75, 3.05) is 19.7 Å². The Balaban J connectivity index is 1.15. The Kier molecular flexibility index (Phi) is 6.26. The number of carboxylic acids is 1. The number of carbonyl (C=O) groups excluding carboxylic acids is 2. The van der Waals surface area contributed by atoms with Crippen LogP contribution in [-0.4, -0.2) is 53.7 Å². The molecule has 0 radical (unpaired) electrons. The third-order valence-electron chi connectivity index (χ3n) is 7.99. The fourth-order valence-corrected chi connectivity index (χ4v) is 6.21. The molecule has 2 aromatic carbocycles. The van der Waals surface area contributed by atoms with Gasteiger partial charge in [-0.2, -0.15) is 0 Å². The van der Waals surface area contributed by atoms with Gasteiger partial charge in [0.05, 0.1) is 5.41 Å². The van der Waals surface area contributed by atoms with Crippen molar-refractivity contribution in [3.63, 3.8) is 0 Å². The number of ether oxygens (including phenoxy) is 1. The van der Waals surface area contributed by atoms with Crippen molar-refractivity contribution in [1.29, 1.82) is 0 Å². The third kappa shape index (κ3) is 4.40. The highest BCUT2D eigenvalue weighted by Gasteiger charge is 2.65. The van der Waals surface area contributed by atoms with E-state index >= 15 is 0 Å². The normalized spacial score (nSPS) is 23.7. The summed E-state index contributed by atoms with van der Waals surface area (Å²) in [4.78, 5) is 38.5. The van der Waals surface area contributed by atoms with E-state index in [-0.39, 0.29) is 36.8 Å². The highest BCUT2D eigenvalue weighted by molar-refractivity contribution is 5.87. The van der Waals surface area contributed by atoms with Crippen LogP contribution in [-0.2, 0) is 14.3 Å². The van der Waals surface area contributed by atoms with Gasteiger partial charge in [0.1, 0.15) is 6.61 Å². The summed E-state index contributed by atoms with van der Waals surface area (Å²) in [6.45, 7) is 3.22. The minimum Gasteiger partial charge on any atom is -0.481 e. The standard InChI is InChI=1S/C28H32N2O5/c1-2-30(13-7-12-25(31)32)26(33)28-15-18(28)14-19(16-28)29-27(34)35-17-24-22-10-5-3-8-20(22)21-9-4-6-11-23(21)24/h3-6,8-11,18-19,24H,2,7,12-17H2,1H3,(H,29,34)(H,31,32)/t18-,19+,28+/m1/s1. The van der Waals surface area contributed by atoms with Gasteiger partial charge in [-0.05, 0) is 60.8 Å². The van der Waals surface area contributed by atoms with Crippen molar-refractivity contribution in [3.8, 4) is 11.1 Å². The first-order valence-corrected chi connectivity index (χ1v) is 12.6. The minimum absolute atomic E-state index is 0.0157. The van der Waals surface area contributed by atoms with Crippen LogP contribution < -0.4 is 5.32 Å². The Morgan fingerprint density at radius 1 is 1.06 bits per heavy atom. The van der Waals surface area contributed by atoms with Gasteiger partial charge in [-0.1, -0.05) is 48.5 Å². The topological polar surface area (TPSA) is 95.9 Å². The Morgan fingerprint density at radius 2 is 1.71 bits per heavy atom. The second-order valence-electron chi connectivity index (χ2n) is 10.0. The first-order chi connectivity index (χ1) is 16.9. The summed E-state index contributed by atoms with van der Waals surface area (Å²) in [6, 6.07) is 16.4. The molecule has 2 fully saturated rings. The number of aliphatic carboxylic acids is 1. The smallest absolute Gasteiger partial charge is 0.407 e. The van der Waals surface area contributed by atoms with Crippen LogP contribution in [0, 0.1) is 11.3 Å². The molecular formula is C28H32N2O5. The lowest BCUT2D eigenvalue weighted by atomic mass is 9.98. The number of nitrogens with zero attached hydrogens (tertiary/aromatic N) is 1. The summed E-state index contributed by atoms with van der Waals surface area (Å²) >= 11 is 0. The quantitative estimate of drug-likeness (QED) is 0.559. The Morgan fingerprint density at radius 3 is 2.34 bits per heavy atom. The van der Waals surface area contributed by atoms with Gasteiger partial charge in [-0.25, -0.2) is 4.79 Å². The average Bonchev–Trinajstić information content (AvgIpc) is 3.27. The molecule has 0 saturated heterocycles. The van der Waals surface area contributed by atoms with Gasteiger partial charge in [0, 0.05) is 31.5 Å². The van der Waals surface area contributed by atoms with Gasteiger partial charge in [0.2, 0.25) is 5.91 Å². The van der Waals surface area contributed by atoms with Crippen LogP contribution in [0.15, 0.2) is 48.5 Å². The molecule has 35 heavy (non-hydrogen) atoms. The summed E-state index contributed by atoms with van der Waals surface area (Å²) in [6.07, 6.45) is 2.33. The van der Waals surface area contributed by atoms with Crippen molar-refractivity contribution in [1.82, 2.24) is 10.2 Å². The maximum Gasteiger partial charge on any atom is 0.407 e. The summed E-state index contributed by atoms with van der Waals surface area (Å²) in [5, 5.41) is 11.9. The Hall–Kier alpha value is -3.35. The van der Waals surface area contributed by atoms with Gasteiger partial charge in [-0.3, -0.25) is 9.59 Å². The molecule has 2 N–H and O–H groups in total. The molecular weight excluding hydrogens is 444 g/mol. The number of alkyl carbamates (subject to hydrolysis) is 1. The number of hydrogen-bond acceptors (Lipinski definition) is 4. The molecule has 3 aliphatic rings. The van der Waals surface area contributed by atoms with Gasteiger partial charge < -0.3 is 20.1 Å². The molecule has 0 unspecified atom stereocenters. The summed E-state index contributed by atoms with van der Waals surface area (Å²) < 4.78 is 5.69. The van der Waals surface area contributed by atoms with E-state index in [0.717, 1.165) is 12.8 Å². The number of carbonyl (C=O) groups is 3. The van der Waals surface area contributed by atoms with E-state index in [9.17, 15) is 14.4 Å². The number of rotatable bonds is 9. The van der Waals surface area contributed by atoms with E-state index in [4.69, 9.17) is 9.84 Å². The third-order valence-corrected chi connectivity index (χ3v) is 7.99. The molecule has 0 heterocycles. The second-order valence-corrected chi connectivity index (χ2v) is 10.0. The predicted octanol–water partition coefficient (Wildman–Crippen LogP) is 4.41. The Labute approximate surface area is 205 Å². The zero-order chi connectivity index (χ0) is 24.6. The van der Waals surface area contributed by atoms with Crippen molar-refractivity contribution in [2.24, 2.45) is 11.3 Å². The molecule has 5 rings (SSSR count). The van der Waals surface area contributed by atoms with E-state index in [2.05, 4.69) is 29.6 Å². The fraction of sp³-hybridized carbons (Fsp3) is 0.464. The maximum absolute atomic E-state index is 13.2. The van der Waals surface area contributed by atoms with E-state index in [1.54, 1.807) is 4.90 Å². The summed E-state index contributed by atoms with van der Waals surface area (Å²) in [5.74, 6) is -0.444. The highest BCUT2D eigenvalue weighted by Crippen LogP contribution is 2.64. The molecule has 0 aliphatic heterocycles. The monoisotopic (exact) mass is 476 g/mol. The average molecular weight is 477 g/mol. The molecule has 2 aromatic rings. The maximum atomic E-state index is 13.2. The molecule has 2 amide bonds. The van der Waals surface area contributed by atoms with Crippen LogP contribution in [0.4, 0.5) is 4.79 Å². The largest absolute Gasteiger partial charge is 0.481 e. The van der Waals surface area contributed by atoms with Crippen molar-refractivity contribution >= 4 is 18.0 Å². The van der Waals surface area contributed by atoms with E-state index in [1.807, 2.05) is 31.2 Å². The van der Waals surface area contributed by atoms with E-state index < -0.39 is 17.5 Å². The number of fused-ring (bicyclic) bond motifs is 4. The van der Waals surface area contributed by atoms with Crippen LogP contribution in [0.3, 0.4) is 0 Å². The van der Waals surface area contributed by atoms with Crippen molar-refractivity contribution in [3.05, 3.63) is 59.7 Å². The summed E-state index contributed by atoms with van der Waals surface area (Å²) in [5.41, 5.74) is 4.33.